The monoisotopic (exact) mass is 223 g/mol. The Kier molecular flexibility index (Phi) is 2.60. The molecule has 1 aliphatic rings. The zero-order chi connectivity index (χ0) is 11.7. The summed E-state index contributed by atoms with van der Waals surface area (Å²) in [5, 5.41) is 0. The van der Waals surface area contributed by atoms with Crippen molar-refractivity contribution in [3.63, 3.8) is 0 Å². The summed E-state index contributed by atoms with van der Waals surface area (Å²) in [6.45, 7) is 0. The van der Waals surface area contributed by atoms with Gasteiger partial charge in [0.1, 0.15) is 0 Å². The largest absolute Gasteiger partial charge is 0.399 e. The molecule has 2 N–H and O–H groups in total. The van der Waals surface area contributed by atoms with Gasteiger partial charge in [0, 0.05) is 5.69 Å². The lowest BCUT2D eigenvalue weighted by molar-refractivity contribution is 0.729. The van der Waals surface area contributed by atoms with Crippen molar-refractivity contribution in [3.8, 4) is 11.1 Å². The first kappa shape index (κ1) is 10.4. The van der Waals surface area contributed by atoms with E-state index in [1.807, 2.05) is 6.07 Å². The third kappa shape index (κ3) is 1.93. The third-order valence-corrected chi connectivity index (χ3v) is 3.58. The highest BCUT2D eigenvalue weighted by Crippen LogP contribution is 2.32. The summed E-state index contributed by atoms with van der Waals surface area (Å²) in [4.78, 5) is 0. The van der Waals surface area contributed by atoms with E-state index in [0.717, 1.165) is 12.1 Å². The number of hydrogen-bond donors (Lipinski definition) is 1. The van der Waals surface area contributed by atoms with E-state index < -0.39 is 0 Å². The van der Waals surface area contributed by atoms with E-state index in [2.05, 4.69) is 36.4 Å². The second-order valence-corrected chi connectivity index (χ2v) is 4.78. The van der Waals surface area contributed by atoms with E-state index in [4.69, 9.17) is 5.73 Å². The van der Waals surface area contributed by atoms with E-state index >= 15 is 0 Å². The van der Waals surface area contributed by atoms with Crippen molar-refractivity contribution >= 4 is 5.69 Å². The topological polar surface area (TPSA) is 26.0 Å². The van der Waals surface area contributed by atoms with Crippen LogP contribution in [0.2, 0.25) is 0 Å². The second kappa shape index (κ2) is 4.25. The Morgan fingerprint density at radius 3 is 2.35 bits per heavy atom. The number of nitrogens with two attached hydrogens (primary N) is 1. The van der Waals surface area contributed by atoms with Crippen LogP contribution in [0.15, 0.2) is 42.5 Å². The summed E-state index contributed by atoms with van der Waals surface area (Å²) in [6.07, 6.45) is 4.87. The van der Waals surface area contributed by atoms with Crippen LogP contribution in [0.3, 0.4) is 0 Å². The van der Waals surface area contributed by atoms with Gasteiger partial charge in [-0.25, -0.2) is 0 Å². The Bertz CT molecular complexity index is 543. The van der Waals surface area contributed by atoms with E-state index in [0.29, 0.717) is 0 Å². The van der Waals surface area contributed by atoms with Crippen LogP contribution in [0.5, 0.6) is 0 Å². The summed E-state index contributed by atoms with van der Waals surface area (Å²) < 4.78 is 0. The van der Waals surface area contributed by atoms with Gasteiger partial charge in [-0.1, -0.05) is 30.3 Å². The maximum absolute atomic E-state index is 5.89. The van der Waals surface area contributed by atoms with E-state index in [1.54, 1.807) is 0 Å². The number of benzene rings is 2. The van der Waals surface area contributed by atoms with Crippen molar-refractivity contribution < 1.29 is 0 Å². The minimum atomic E-state index is 0.877. The van der Waals surface area contributed by atoms with Gasteiger partial charge in [-0.2, -0.15) is 0 Å². The minimum absolute atomic E-state index is 0.877. The third-order valence-electron chi connectivity index (χ3n) is 3.58. The highest BCUT2D eigenvalue weighted by molar-refractivity contribution is 5.73. The van der Waals surface area contributed by atoms with E-state index in [1.165, 1.54) is 41.5 Å². The Morgan fingerprint density at radius 1 is 0.765 bits per heavy atom. The van der Waals surface area contributed by atoms with Gasteiger partial charge in [-0.05, 0) is 60.1 Å². The number of nitrogen functional groups attached to an aromatic ring is 1. The maximum atomic E-state index is 5.89. The molecule has 0 amide bonds. The maximum Gasteiger partial charge on any atom is 0.0317 e. The Labute approximate surface area is 102 Å². The molecule has 86 valence electrons. The predicted molar refractivity (Wildman–Crippen MR) is 72.9 cm³/mol. The molecular weight excluding hydrogens is 206 g/mol. The molecule has 0 aromatic heterocycles. The number of fused-ring (bicyclic) bond motifs is 3. The molecule has 0 saturated carbocycles. The Hall–Kier alpha value is -1.76. The van der Waals surface area contributed by atoms with Crippen molar-refractivity contribution in [2.24, 2.45) is 0 Å². The molecule has 1 nitrogen and oxygen atoms in total. The Balaban J connectivity index is 2.22. The van der Waals surface area contributed by atoms with Crippen LogP contribution >= 0.6 is 0 Å². The zero-order valence-electron chi connectivity index (χ0n) is 9.95. The average Bonchev–Trinajstić information content (AvgIpc) is 2.33. The van der Waals surface area contributed by atoms with Crippen LogP contribution in [-0.4, -0.2) is 0 Å². The number of hydrogen-bond acceptors (Lipinski definition) is 1. The van der Waals surface area contributed by atoms with Gasteiger partial charge in [0.15, 0.2) is 0 Å². The zero-order valence-corrected chi connectivity index (χ0v) is 9.95. The lowest BCUT2D eigenvalue weighted by atomic mass is 9.88. The highest BCUT2D eigenvalue weighted by Gasteiger charge is 2.12. The molecule has 17 heavy (non-hydrogen) atoms. The smallest absolute Gasteiger partial charge is 0.0317 e. The van der Waals surface area contributed by atoms with E-state index in [-0.39, 0.29) is 0 Å². The quantitative estimate of drug-likeness (QED) is 0.675. The van der Waals surface area contributed by atoms with Crippen molar-refractivity contribution in [1.82, 2.24) is 0 Å². The number of rotatable bonds is 0. The van der Waals surface area contributed by atoms with Crippen LogP contribution in [0.4, 0.5) is 5.69 Å². The van der Waals surface area contributed by atoms with Gasteiger partial charge >= 0.3 is 0 Å². The molecule has 0 atom stereocenters. The first-order valence-corrected chi connectivity index (χ1v) is 6.31. The molecule has 0 heterocycles. The molecule has 1 heteroatoms. The molecule has 2 aromatic rings. The van der Waals surface area contributed by atoms with Gasteiger partial charge in [-0.3, -0.25) is 0 Å². The van der Waals surface area contributed by atoms with Crippen molar-refractivity contribution in [2.75, 3.05) is 5.73 Å². The van der Waals surface area contributed by atoms with Crippen LogP contribution in [0.1, 0.15) is 24.0 Å². The van der Waals surface area contributed by atoms with Crippen LogP contribution in [0.25, 0.3) is 11.1 Å². The van der Waals surface area contributed by atoms with Gasteiger partial charge in [0.25, 0.3) is 0 Å². The summed E-state index contributed by atoms with van der Waals surface area (Å²) >= 11 is 0. The second-order valence-electron chi connectivity index (χ2n) is 4.78. The van der Waals surface area contributed by atoms with Crippen LogP contribution < -0.4 is 5.73 Å². The van der Waals surface area contributed by atoms with Gasteiger partial charge < -0.3 is 5.73 Å². The van der Waals surface area contributed by atoms with Gasteiger partial charge in [-0.15, -0.1) is 0 Å². The summed E-state index contributed by atoms with van der Waals surface area (Å²) in [7, 11) is 0. The number of anilines is 1. The summed E-state index contributed by atoms with van der Waals surface area (Å²) in [6, 6.07) is 15.1. The molecule has 0 unspecified atom stereocenters. The fourth-order valence-electron chi connectivity index (χ4n) is 2.72. The van der Waals surface area contributed by atoms with Crippen molar-refractivity contribution in [2.45, 2.75) is 25.7 Å². The van der Waals surface area contributed by atoms with Gasteiger partial charge in [0.05, 0.1) is 0 Å². The number of aryl methyl sites for hydroxylation is 2. The van der Waals surface area contributed by atoms with Crippen molar-refractivity contribution in [3.05, 3.63) is 53.6 Å². The molecule has 0 aliphatic heterocycles. The van der Waals surface area contributed by atoms with Crippen LogP contribution in [-0.2, 0) is 12.8 Å². The molecule has 3 rings (SSSR count). The Morgan fingerprint density at radius 2 is 1.47 bits per heavy atom. The molecule has 0 spiro atoms. The summed E-state index contributed by atoms with van der Waals surface area (Å²) in [5.41, 5.74) is 12.4. The SMILES string of the molecule is Nc1ccc2c(c1)CCCCc1ccccc1-2. The van der Waals surface area contributed by atoms with Crippen LogP contribution in [0, 0.1) is 0 Å². The fourth-order valence-corrected chi connectivity index (χ4v) is 2.72. The lowest BCUT2D eigenvalue weighted by Crippen LogP contribution is -2.00. The molecule has 2 aromatic carbocycles. The first-order valence-electron chi connectivity index (χ1n) is 6.31. The molecule has 0 radical (unpaired) electrons. The van der Waals surface area contributed by atoms with Crippen molar-refractivity contribution in [1.29, 1.82) is 0 Å². The average molecular weight is 223 g/mol. The predicted octanol–water partition coefficient (Wildman–Crippen LogP) is 3.81. The molecular formula is C16H17N. The minimum Gasteiger partial charge on any atom is -0.399 e. The normalized spacial score (nSPS) is 14.4. The molecule has 0 bridgehead atoms. The van der Waals surface area contributed by atoms with E-state index in [9.17, 15) is 0 Å². The molecule has 0 fully saturated rings. The summed E-state index contributed by atoms with van der Waals surface area (Å²) in [5.74, 6) is 0. The highest BCUT2D eigenvalue weighted by atomic mass is 14.5. The first-order chi connectivity index (χ1) is 8.34. The standard InChI is InChI=1S/C16H17N/c17-14-9-10-16-13(11-14)7-2-1-5-12-6-3-4-8-15(12)16/h3-4,6,8-11H,1-2,5,7,17H2. The van der Waals surface area contributed by atoms with Gasteiger partial charge in [0.2, 0.25) is 0 Å². The molecule has 1 aliphatic carbocycles. The molecule has 0 saturated heterocycles. The lowest BCUT2D eigenvalue weighted by Gasteiger charge is -2.17. The fraction of sp³-hybridized carbons (Fsp3) is 0.250.